The lowest BCUT2D eigenvalue weighted by Gasteiger charge is -2.11. The van der Waals surface area contributed by atoms with E-state index in [0.29, 0.717) is 0 Å². The van der Waals surface area contributed by atoms with Crippen molar-refractivity contribution in [2.45, 2.75) is 12.5 Å². The van der Waals surface area contributed by atoms with Gasteiger partial charge in [-0.3, -0.25) is 9.59 Å². The fraction of sp³-hybridized carbons (Fsp3) is 0.667. The first kappa shape index (κ1) is 9.90. The molecule has 2 amide bonds. The van der Waals surface area contributed by atoms with Gasteiger partial charge in [0.05, 0.1) is 6.42 Å². The van der Waals surface area contributed by atoms with Gasteiger partial charge in [-0.25, -0.2) is 0 Å². The standard InChI is InChI=1S/C6H12N2O3/c1-8(2)5(10)3-4(9)6(7)11/h4,9H,3H2,1-2H3,(H2,7,11)/t4-/m1/s1. The highest BCUT2D eigenvalue weighted by molar-refractivity contribution is 5.86. The molecule has 0 radical (unpaired) electrons. The van der Waals surface area contributed by atoms with Crippen LogP contribution in [0.15, 0.2) is 0 Å². The Hall–Kier alpha value is -1.10. The number of hydrogen-bond donors (Lipinski definition) is 2. The topological polar surface area (TPSA) is 83.6 Å². The number of carbonyl (C=O) groups excluding carboxylic acids is 2. The van der Waals surface area contributed by atoms with E-state index in [9.17, 15) is 9.59 Å². The molecule has 11 heavy (non-hydrogen) atoms. The molecule has 3 N–H and O–H groups in total. The van der Waals surface area contributed by atoms with E-state index in [-0.39, 0.29) is 12.3 Å². The molecule has 0 aliphatic rings. The molecule has 0 bridgehead atoms. The first-order valence-electron chi connectivity index (χ1n) is 3.12. The third kappa shape index (κ3) is 3.57. The van der Waals surface area contributed by atoms with Crippen molar-refractivity contribution in [2.75, 3.05) is 14.1 Å². The molecule has 0 aromatic carbocycles. The predicted molar refractivity (Wildman–Crippen MR) is 38.5 cm³/mol. The SMILES string of the molecule is CN(C)C(=O)C[C@@H](O)C(N)=O. The molecule has 0 rings (SSSR count). The molecule has 0 aromatic rings. The molecule has 0 spiro atoms. The van der Waals surface area contributed by atoms with Crippen LogP contribution >= 0.6 is 0 Å². The van der Waals surface area contributed by atoms with Crippen LogP contribution in [0.4, 0.5) is 0 Å². The van der Waals surface area contributed by atoms with Crippen molar-refractivity contribution in [3.8, 4) is 0 Å². The summed E-state index contributed by atoms with van der Waals surface area (Å²) in [6.07, 6.45) is -1.62. The molecule has 0 saturated heterocycles. The van der Waals surface area contributed by atoms with E-state index in [4.69, 9.17) is 10.8 Å². The molecular weight excluding hydrogens is 148 g/mol. The minimum atomic E-state index is -1.37. The van der Waals surface area contributed by atoms with Crippen LogP contribution in [0.5, 0.6) is 0 Å². The number of rotatable bonds is 3. The summed E-state index contributed by atoms with van der Waals surface area (Å²) in [5.74, 6) is -1.20. The first-order valence-corrected chi connectivity index (χ1v) is 3.12. The fourth-order valence-corrected chi connectivity index (χ4v) is 0.449. The van der Waals surface area contributed by atoms with Crippen molar-refractivity contribution >= 4 is 11.8 Å². The summed E-state index contributed by atoms with van der Waals surface area (Å²) in [6, 6.07) is 0. The van der Waals surface area contributed by atoms with Gasteiger partial charge in [-0.05, 0) is 0 Å². The van der Waals surface area contributed by atoms with E-state index in [0.717, 1.165) is 0 Å². The molecule has 1 atom stereocenters. The number of nitrogens with zero attached hydrogens (tertiary/aromatic N) is 1. The van der Waals surface area contributed by atoms with Gasteiger partial charge in [0, 0.05) is 14.1 Å². The van der Waals surface area contributed by atoms with Gasteiger partial charge in [0.15, 0.2) is 0 Å². The molecule has 0 aromatic heterocycles. The monoisotopic (exact) mass is 160 g/mol. The third-order valence-electron chi connectivity index (χ3n) is 1.20. The van der Waals surface area contributed by atoms with Gasteiger partial charge in [-0.1, -0.05) is 0 Å². The predicted octanol–water partition coefficient (Wildman–Crippen LogP) is -1.69. The van der Waals surface area contributed by atoms with Crippen LogP contribution in [0.25, 0.3) is 0 Å². The Morgan fingerprint density at radius 1 is 1.55 bits per heavy atom. The molecule has 5 nitrogen and oxygen atoms in total. The molecular formula is C6H12N2O3. The van der Waals surface area contributed by atoms with Gasteiger partial charge < -0.3 is 15.7 Å². The van der Waals surface area contributed by atoms with Gasteiger partial charge >= 0.3 is 0 Å². The normalized spacial score (nSPS) is 12.3. The highest BCUT2D eigenvalue weighted by Crippen LogP contribution is 1.93. The van der Waals surface area contributed by atoms with Gasteiger partial charge in [0.2, 0.25) is 11.8 Å². The molecule has 5 heteroatoms. The zero-order chi connectivity index (χ0) is 9.02. The Kier molecular flexibility index (Phi) is 3.53. The quantitative estimate of drug-likeness (QED) is 0.516. The van der Waals surface area contributed by atoms with E-state index in [1.807, 2.05) is 0 Å². The first-order chi connectivity index (χ1) is 4.95. The van der Waals surface area contributed by atoms with E-state index >= 15 is 0 Å². The zero-order valence-electron chi connectivity index (χ0n) is 6.57. The van der Waals surface area contributed by atoms with Crippen molar-refractivity contribution in [3.63, 3.8) is 0 Å². The maximum atomic E-state index is 10.8. The van der Waals surface area contributed by atoms with Gasteiger partial charge in [-0.2, -0.15) is 0 Å². The second kappa shape index (κ2) is 3.92. The van der Waals surface area contributed by atoms with Crippen LogP contribution in [0.1, 0.15) is 6.42 Å². The minimum absolute atomic E-state index is 0.248. The summed E-state index contributed by atoms with van der Waals surface area (Å²) in [7, 11) is 3.08. The maximum Gasteiger partial charge on any atom is 0.246 e. The second-order valence-electron chi connectivity index (χ2n) is 2.41. The van der Waals surface area contributed by atoms with Gasteiger partial charge in [-0.15, -0.1) is 0 Å². The average Bonchev–Trinajstić information content (AvgIpc) is 1.87. The van der Waals surface area contributed by atoms with E-state index < -0.39 is 12.0 Å². The van der Waals surface area contributed by atoms with Gasteiger partial charge in [0.25, 0.3) is 0 Å². The Morgan fingerprint density at radius 2 is 2.00 bits per heavy atom. The number of amides is 2. The Balaban J connectivity index is 3.85. The summed E-state index contributed by atoms with van der Waals surface area (Å²) >= 11 is 0. The summed E-state index contributed by atoms with van der Waals surface area (Å²) in [6.45, 7) is 0. The molecule has 0 aliphatic heterocycles. The Morgan fingerprint density at radius 3 is 2.27 bits per heavy atom. The fourth-order valence-electron chi connectivity index (χ4n) is 0.449. The van der Waals surface area contributed by atoms with Crippen LogP contribution in [0.2, 0.25) is 0 Å². The molecule has 64 valence electrons. The van der Waals surface area contributed by atoms with E-state index in [1.54, 1.807) is 0 Å². The molecule has 0 fully saturated rings. The lowest BCUT2D eigenvalue weighted by atomic mass is 10.2. The largest absolute Gasteiger partial charge is 0.383 e. The highest BCUT2D eigenvalue weighted by Gasteiger charge is 2.16. The van der Waals surface area contributed by atoms with Crippen LogP contribution < -0.4 is 5.73 Å². The van der Waals surface area contributed by atoms with Crippen molar-refractivity contribution in [1.29, 1.82) is 0 Å². The number of carbonyl (C=O) groups is 2. The van der Waals surface area contributed by atoms with Crippen molar-refractivity contribution in [1.82, 2.24) is 4.90 Å². The third-order valence-corrected chi connectivity index (χ3v) is 1.20. The number of aliphatic hydroxyl groups is 1. The number of aliphatic hydroxyl groups excluding tert-OH is 1. The minimum Gasteiger partial charge on any atom is -0.383 e. The molecule has 0 aliphatic carbocycles. The molecule has 0 unspecified atom stereocenters. The number of primary amides is 1. The lowest BCUT2D eigenvalue weighted by molar-refractivity contribution is -0.136. The Labute approximate surface area is 64.8 Å². The van der Waals surface area contributed by atoms with Gasteiger partial charge in [0.1, 0.15) is 6.10 Å². The summed E-state index contributed by atoms with van der Waals surface area (Å²) in [5, 5.41) is 8.82. The van der Waals surface area contributed by atoms with Crippen LogP contribution in [-0.4, -0.2) is 42.0 Å². The molecule has 0 heterocycles. The number of nitrogens with two attached hydrogens (primary N) is 1. The smallest absolute Gasteiger partial charge is 0.246 e. The van der Waals surface area contributed by atoms with E-state index in [2.05, 4.69) is 0 Å². The van der Waals surface area contributed by atoms with E-state index in [1.165, 1.54) is 19.0 Å². The Bertz CT molecular complexity index is 167. The summed E-state index contributed by atoms with van der Waals surface area (Å²) in [5.41, 5.74) is 4.72. The lowest BCUT2D eigenvalue weighted by Crippen LogP contribution is -2.34. The van der Waals surface area contributed by atoms with Crippen molar-refractivity contribution in [2.24, 2.45) is 5.73 Å². The second-order valence-corrected chi connectivity index (χ2v) is 2.41. The number of hydrogen-bond acceptors (Lipinski definition) is 3. The van der Waals surface area contributed by atoms with Crippen molar-refractivity contribution in [3.05, 3.63) is 0 Å². The average molecular weight is 160 g/mol. The van der Waals surface area contributed by atoms with Crippen molar-refractivity contribution < 1.29 is 14.7 Å². The maximum absolute atomic E-state index is 10.8. The molecule has 0 saturated carbocycles. The van der Waals surface area contributed by atoms with Crippen LogP contribution in [0.3, 0.4) is 0 Å². The highest BCUT2D eigenvalue weighted by atomic mass is 16.3. The van der Waals surface area contributed by atoms with Crippen LogP contribution in [0, 0.1) is 0 Å². The zero-order valence-corrected chi connectivity index (χ0v) is 6.57. The van der Waals surface area contributed by atoms with Crippen LogP contribution in [-0.2, 0) is 9.59 Å². The summed E-state index contributed by atoms with van der Waals surface area (Å²) in [4.78, 5) is 22.4. The summed E-state index contributed by atoms with van der Waals surface area (Å²) < 4.78 is 0.